The molecule has 0 saturated heterocycles. The minimum atomic E-state index is 0.519. The summed E-state index contributed by atoms with van der Waals surface area (Å²) in [5.74, 6) is 3.58. The normalized spacial score (nSPS) is 11.0. The Balaban J connectivity index is 1.50. The Morgan fingerprint density at radius 1 is 1.17 bits per heavy atom. The number of thiophene rings is 1. The number of aromatic nitrogens is 3. The molecule has 0 saturated carbocycles. The monoisotopic (exact) mass is 429 g/mol. The van der Waals surface area contributed by atoms with Gasteiger partial charge < -0.3 is 18.9 Å². The molecule has 0 atom stereocenters. The third kappa shape index (κ3) is 4.46. The first-order chi connectivity index (χ1) is 14.1. The number of oxazole rings is 1. The first-order valence-electron chi connectivity index (χ1n) is 9.17. The number of nitrogens with one attached hydrogen (secondary N) is 1. The van der Waals surface area contributed by atoms with E-state index >= 15 is 0 Å². The molecule has 3 aromatic heterocycles. The lowest BCUT2D eigenvalue weighted by atomic mass is 10.2. The fraction of sp³-hybridized carbons (Fsp3) is 0.238. The van der Waals surface area contributed by atoms with Crippen molar-refractivity contribution in [2.75, 3.05) is 13.7 Å². The summed E-state index contributed by atoms with van der Waals surface area (Å²) >= 11 is 7.60. The second kappa shape index (κ2) is 8.71. The molecular formula is C21H20ClN3O3S. The molecule has 0 unspecified atom stereocenters. The van der Waals surface area contributed by atoms with Crippen molar-refractivity contribution in [1.29, 1.82) is 0 Å². The molecule has 0 aliphatic rings. The fourth-order valence-electron chi connectivity index (χ4n) is 2.95. The molecule has 1 aromatic carbocycles. The first-order valence-corrected chi connectivity index (χ1v) is 10.4. The highest BCUT2D eigenvalue weighted by molar-refractivity contribution is 7.19. The largest absolute Gasteiger partial charge is 0.493 e. The highest BCUT2D eigenvalue weighted by Crippen LogP contribution is 2.35. The molecule has 0 amide bonds. The van der Waals surface area contributed by atoms with E-state index in [-0.39, 0.29) is 0 Å². The standard InChI is InChI=1S/C21H20ClN3O3S/c1-13-23-12-14(24-13)21-25-20(18-9-10-19(22)29-18)17(28-21)8-5-11-27-16-7-4-3-6-15(16)26-2/h3-4,6-7,9-10,12H,5,8,11H2,1-2H3,(H,23,24). The van der Waals surface area contributed by atoms with Crippen LogP contribution in [0.3, 0.4) is 0 Å². The van der Waals surface area contributed by atoms with Crippen LogP contribution in [0.4, 0.5) is 0 Å². The van der Waals surface area contributed by atoms with Crippen molar-refractivity contribution in [3.63, 3.8) is 0 Å². The van der Waals surface area contributed by atoms with E-state index in [4.69, 9.17) is 30.5 Å². The van der Waals surface area contributed by atoms with Crippen LogP contribution in [0.1, 0.15) is 18.0 Å². The highest BCUT2D eigenvalue weighted by atomic mass is 35.5. The van der Waals surface area contributed by atoms with E-state index in [1.54, 1.807) is 13.3 Å². The average molecular weight is 430 g/mol. The molecule has 4 aromatic rings. The topological polar surface area (TPSA) is 73.2 Å². The molecule has 4 rings (SSSR count). The van der Waals surface area contributed by atoms with E-state index in [1.165, 1.54) is 11.3 Å². The van der Waals surface area contributed by atoms with Gasteiger partial charge in [0.15, 0.2) is 11.5 Å². The van der Waals surface area contributed by atoms with Gasteiger partial charge in [-0.3, -0.25) is 0 Å². The van der Waals surface area contributed by atoms with Gasteiger partial charge in [-0.1, -0.05) is 23.7 Å². The number of para-hydroxylation sites is 2. The molecule has 0 aliphatic heterocycles. The third-order valence-electron chi connectivity index (χ3n) is 4.31. The molecule has 0 spiro atoms. The van der Waals surface area contributed by atoms with Crippen LogP contribution in [0.5, 0.6) is 11.5 Å². The number of halogens is 1. The number of aryl methyl sites for hydroxylation is 2. The third-order valence-corrected chi connectivity index (χ3v) is 5.55. The van der Waals surface area contributed by atoms with Gasteiger partial charge in [-0.2, -0.15) is 0 Å². The van der Waals surface area contributed by atoms with Gasteiger partial charge in [0, 0.05) is 6.42 Å². The molecule has 150 valence electrons. The maximum absolute atomic E-state index is 6.13. The SMILES string of the molecule is COc1ccccc1OCCCc1oc(-c2cnc(C)[nH]2)nc1-c1ccc(Cl)s1. The lowest BCUT2D eigenvalue weighted by molar-refractivity contribution is 0.286. The zero-order chi connectivity index (χ0) is 20.2. The van der Waals surface area contributed by atoms with Crippen molar-refractivity contribution in [3.8, 4) is 33.7 Å². The summed E-state index contributed by atoms with van der Waals surface area (Å²) in [6, 6.07) is 11.4. The van der Waals surface area contributed by atoms with Crippen LogP contribution in [-0.4, -0.2) is 28.7 Å². The van der Waals surface area contributed by atoms with E-state index in [9.17, 15) is 0 Å². The molecule has 29 heavy (non-hydrogen) atoms. The Labute approximate surface area is 177 Å². The van der Waals surface area contributed by atoms with Crippen LogP contribution in [0.15, 0.2) is 47.0 Å². The molecule has 3 heterocycles. The number of H-pyrrole nitrogens is 1. The van der Waals surface area contributed by atoms with Gasteiger partial charge in [-0.25, -0.2) is 9.97 Å². The molecule has 6 nitrogen and oxygen atoms in total. The number of imidazole rings is 1. The Bertz CT molecular complexity index is 1100. The molecule has 0 radical (unpaired) electrons. The summed E-state index contributed by atoms with van der Waals surface area (Å²) in [7, 11) is 1.63. The molecule has 0 bridgehead atoms. The minimum Gasteiger partial charge on any atom is -0.493 e. The number of methoxy groups -OCH3 is 1. The zero-order valence-electron chi connectivity index (χ0n) is 16.1. The lowest BCUT2D eigenvalue weighted by Crippen LogP contribution is -2.01. The molecular weight excluding hydrogens is 410 g/mol. The molecule has 0 fully saturated rings. The van der Waals surface area contributed by atoms with Crippen LogP contribution in [0.25, 0.3) is 22.2 Å². The Morgan fingerprint density at radius 2 is 2.00 bits per heavy atom. The van der Waals surface area contributed by atoms with Crippen LogP contribution in [-0.2, 0) is 6.42 Å². The predicted octanol–water partition coefficient (Wildman–Crippen LogP) is 5.78. The lowest BCUT2D eigenvalue weighted by Gasteiger charge is -2.09. The number of hydrogen-bond acceptors (Lipinski definition) is 6. The number of ether oxygens (including phenoxy) is 2. The number of rotatable bonds is 8. The van der Waals surface area contributed by atoms with E-state index in [2.05, 4.69) is 9.97 Å². The van der Waals surface area contributed by atoms with Gasteiger partial charge in [-0.15, -0.1) is 11.3 Å². The minimum absolute atomic E-state index is 0.519. The Hall–Kier alpha value is -2.77. The molecule has 1 N–H and O–H groups in total. The summed E-state index contributed by atoms with van der Waals surface area (Å²) in [5, 5.41) is 0. The summed E-state index contributed by atoms with van der Waals surface area (Å²) in [4.78, 5) is 13.1. The van der Waals surface area contributed by atoms with Gasteiger partial charge >= 0.3 is 0 Å². The van der Waals surface area contributed by atoms with Gasteiger partial charge in [0.05, 0.1) is 29.1 Å². The van der Waals surface area contributed by atoms with Crippen molar-refractivity contribution in [2.45, 2.75) is 19.8 Å². The molecule has 0 aliphatic carbocycles. The maximum Gasteiger partial charge on any atom is 0.245 e. The van der Waals surface area contributed by atoms with Crippen molar-refractivity contribution >= 4 is 22.9 Å². The van der Waals surface area contributed by atoms with E-state index in [0.717, 1.165) is 45.8 Å². The quantitative estimate of drug-likeness (QED) is 0.359. The van der Waals surface area contributed by atoms with Crippen molar-refractivity contribution in [2.24, 2.45) is 0 Å². The number of benzene rings is 1. The summed E-state index contributed by atoms with van der Waals surface area (Å²) in [6.07, 6.45) is 3.17. The van der Waals surface area contributed by atoms with Crippen LogP contribution >= 0.6 is 22.9 Å². The summed E-state index contributed by atoms with van der Waals surface area (Å²) < 4.78 is 18.0. The molecule has 8 heteroatoms. The fourth-order valence-corrected chi connectivity index (χ4v) is 4.00. The Kier molecular flexibility index (Phi) is 5.87. The second-order valence-electron chi connectivity index (χ2n) is 6.38. The maximum atomic E-state index is 6.13. The van der Waals surface area contributed by atoms with Gasteiger partial charge in [0.25, 0.3) is 0 Å². The predicted molar refractivity (Wildman–Crippen MR) is 114 cm³/mol. The van der Waals surface area contributed by atoms with E-state index < -0.39 is 0 Å². The number of nitrogens with zero attached hydrogens (tertiary/aromatic N) is 2. The zero-order valence-corrected chi connectivity index (χ0v) is 17.6. The van der Waals surface area contributed by atoms with Crippen molar-refractivity contribution in [1.82, 2.24) is 15.0 Å². The first kappa shape index (κ1) is 19.5. The highest BCUT2D eigenvalue weighted by Gasteiger charge is 2.19. The van der Waals surface area contributed by atoms with Gasteiger partial charge in [0.2, 0.25) is 5.89 Å². The van der Waals surface area contributed by atoms with Gasteiger partial charge in [-0.05, 0) is 37.6 Å². The van der Waals surface area contributed by atoms with Crippen LogP contribution in [0.2, 0.25) is 4.34 Å². The number of aromatic amines is 1. The van der Waals surface area contributed by atoms with Gasteiger partial charge in [0.1, 0.15) is 23.0 Å². The average Bonchev–Trinajstić information content (AvgIpc) is 3.45. The second-order valence-corrected chi connectivity index (χ2v) is 8.09. The van der Waals surface area contributed by atoms with E-state index in [1.807, 2.05) is 43.3 Å². The van der Waals surface area contributed by atoms with Crippen molar-refractivity contribution in [3.05, 3.63) is 58.5 Å². The van der Waals surface area contributed by atoms with Crippen LogP contribution in [0, 0.1) is 6.92 Å². The van der Waals surface area contributed by atoms with Crippen LogP contribution < -0.4 is 9.47 Å². The summed E-state index contributed by atoms with van der Waals surface area (Å²) in [6.45, 7) is 2.42. The number of hydrogen-bond donors (Lipinski definition) is 1. The smallest absolute Gasteiger partial charge is 0.245 e. The Morgan fingerprint density at radius 3 is 2.69 bits per heavy atom. The van der Waals surface area contributed by atoms with Crippen molar-refractivity contribution < 1.29 is 13.9 Å². The summed E-state index contributed by atoms with van der Waals surface area (Å²) in [5.41, 5.74) is 1.56. The van der Waals surface area contributed by atoms with E-state index in [0.29, 0.717) is 23.3 Å².